The highest BCUT2D eigenvalue weighted by Gasteiger charge is 2.30. The molecule has 1 fully saturated rings. The van der Waals surface area contributed by atoms with Crippen LogP contribution in [0.2, 0.25) is 0 Å². The van der Waals surface area contributed by atoms with Gasteiger partial charge in [-0.1, -0.05) is 20.8 Å². The Bertz CT molecular complexity index is 300. The van der Waals surface area contributed by atoms with Gasteiger partial charge in [0.15, 0.2) is 0 Å². The zero-order valence-corrected chi connectivity index (χ0v) is 11.7. The fraction of sp³-hybridized carbons (Fsp3) is 0.786. The first-order valence-corrected chi connectivity index (χ1v) is 7.01. The quantitative estimate of drug-likeness (QED) is 0.797. The number of aryl methyl sites for hydroxylation is 1. The van der Waals surface area contributed by atoms with E-state index >= 15 is 0 Å². The van der Waals surface area contributed by atoms with Crippen LogP contribution in [0.1, 0.15) is 51.6 Å². The third-order valence-corrected chi connectivity index (χ3v) is 3.18. The molecule has 0 atom stereocenters. The Morgan fingerprint density at radius 1 is 1.41 bits per heavy atom. The third-order valence-electron chi connectivity index (χ3n) is 3.18. The van der Waals surface area contributed by atoms with E-state index in [9.17, 15) is 0 Å². The van der Waals surface area contributed by atoms with Crippen LogP contribution in [0.4, 0.5) is 0 Å². The highest BCUT2D eigenvalue weighted by molar-refractivity contribution is 5.01. The van der Waals surface area contributed by atoms with Gasteiger partial charge in [0, 0.05) is 6.20 Å². The lowest BCUT2D eigenvalue weighted by atomic mass is 9.80. The molecule has 3 heteroatoms. The fourth-order valence-electron chi connectivity index (χ4n) is 2.20. The van der Waals surface area contributed by atoms with E-state index in [0.717, 1.165) is 12.5 Å². The molecule has 3 nitrogen and oxygen atoms in total. The Morgan fingerprint density at radius 3 is 2.65 bits per heavy atom. The van der Waals surface area contributed by atoms with Crippen molar-refractivity contribution in [2.45, 2.75) is 53.0 Å². The molecule has 0 radical (unpaired) electrons. The molecule has 1 aromatic heterocycles. The van der Waals surface area contributed by atoms with Gasteiger partial charge in [-0.2, -0.15) is 5.10 Å². The average Bonchev–Trinajstić information content (AvgIpc) is 2.71. The number of hydrogen-bond donors (Lipinski definition) is 1. The summed E-state index contributed by atoms with van der Waals surface area (Å²) in [4.78, 5) is 0. The van der Waals surface area contributed by atoms with Crippen molar-refractivity contribution in [2.24, 2.45) is 5.92 Å². The van der Waals surface area contributed by atoms with E-state index in [1.807, 2.05) is 20.0 Å². The summed E-state index contributed by atoms with van der Waals surface area (Å²) in [5.41, 5.74) is 1.27. The minimum Gasteiger partial charge on any atom is -0.316 e. The predicted molar refractivity (Wildman–Crippen MR) is 73.2 cm³/mol. The second-order valence-corrected chi connectivity index (χ2v) is 4.69. The molecule has 0 unspecified atom stereocenters. The first kappa shape index (κ1) is 14.2. The van der Waals surface area contributed by atoms with Gasteiger partial charge in [0.2, 0.25) is 0 Å². The van der Waals surface area contributed by atoms with Gasteiger partial charge >= 0.3 is 0 Å². The van der Waals surface area contributed by atoms with Crippen molar-refractivity contribution >= 4 is 0 Å². The fourth-order valence-corrected chi connectivity index (χ4v) is 2.20. The Labute approximate surface area is 106 Å². The van der Waals surface area contributed by atoms with Crippen molar-refractivity contribution in [3.05, 3.63) is 18.0 Å². The molecule has 1 saturated carbocycles. The van der Waals surface area contributed by atoms with Gasteiger partial charge in [-0.25, -0.2) is 0 Å². The second-order valence-electron chi connectivity index (χ2n) is 4.69. The molecule has 0 amide bonds. The summed E-state index contributed by atoms with van der Waals surface area (Å²) in [7, 11) is 0. The highest BCUT2D eigenvalue weighted by Crippen LogP contribution is 2.36. The van der Waals surface area contributed by atoms with E-state index in [1.54, 1.807) is 0 Å². The Balaban J connectivity index is 0.000000686. The predicted octanol–water partition coefficient (Wildman–Crippen LogP) is 3.17. The monoisotopic (exact) mass is 237 g/mol. The summed E-state index contributed by atoms with van der Waals surface area (Å²) in [6.45, 7) is 10.7. The number of nitrogens with one attached hydrogen (secondary N) is 1. The molecule has 1 aliphatic carbocycles. The summed E-state index contributed by atoms with van der Waals surface area (Å²) in [5, 5.41) is 7.85. The summed E-state index contributed by atoms with van der Waals surface area (Å²) in [6, 6.07) is 0.659. The van der Waals surface area contributed by atoms with Crippen LogP contribution in [-0.4, -0.2) is 22.9 Å². The van der Waals surface area contributed by atoms with Crippen LogP contribution in [0.25, 0.3) is 0 Å². The Kier molecular flexibility index (Phi) is 6.27. The van der Waals surface area contributed by atoms with E-state index < -0.39 is 0 Å². The first-order valence-electron chi connectivity index (χ1n) is 7.01. The lowest BCUT2D eigenvalue weighted by Gasteiger charge is -2.35. The molecule has 2 rings (SSSR count). The van der Waals surface area contributed by atoms with E-state index in [2.05, 4.69) is 35.1 Å². The summed E-state index contributed by atoms with van der Waals surface area (Å²) in [5.74, 6) is 0.867. The molecule has 0 aromatic carbocycles. The van der Waals surface area contributed by atoms with E-state index in [0.29, 0.717) is 6.04 Å². The van der Waals surface area contributed by atoms with Crippen molar-refractivity contribution in [1.29, 1.82) is 0 Å². The molecule has 0 saturated heterocycles. The van der Waals surface area contributed by atoms with Crippen molar-refractivity contribution in [2.75, 3.05) is 13.1 Å². The highest BCUT2D eigenvalue weighted by atomic mass is 15.3. The summed E-state index contributed by atoms with van der Waals surface area (Å²) in [6.07, 6.45) is 7.91. The molecule has 1 heterocycles. The summed E-state index contributed by atoms with van der Waals surface area (Å²) >= 11 is 0. The molecule has 0 bridgehead atoms. The largest absolute Gasteiger partial charge is 0.316 e. The number of hydrogen-bond acceptors (Lipinski definition) is 2. The molecule has 0 aliphatic heterocycles. The van der Waals surface area contributed by atoms with E-state index in [4.69, 9.17) is 0 Å². The number of nitrogens with zero attached hydrogens (tertiary/aromatic N) is 2. The van der Waals surface area contributed by atoms with Crippen molar-refractivity contribution < 1.29 is 0 Å². The number of rotatable bonds is 5. The van der Waals surface area contributed by atoms with Crippen LogP contribution in [-0.2, 0) is 0 Å². The van der Waals surface area contributed by atoms with Crippen molar-refractivity contribution in [3.8, 4) is 0 Å². The Hall–Kier alpha value is -0.830. The smallest absolute Gasteiger partial charge is 0.0525 e. The van der Waals surface area contributed by atoms with Gasteiger partial charge in [-0.3, -0.25) is 4.68 Å². The second kappa shape index (κ2) is 7.49. The average molecular weight is 237 g/mol. The third kappa shape index (κ3) is 4.15. The zero-order valence-electron chi connectivity index (χ0n) is 11.7. The normalized spacial score (nSPS) is 22.6. The van der Waals surface area contributed by atoms with Crippen LogP contribution in [0.5, 0.6) is 0 Å². The van der Waals surface area contributed by atoms with E-state index in [1.165, 1.54) is 31.4 Å². The van der Waals surface area contributed by atoms with Crippen molar-refractivity contribution in [3.63, 3.8) is 0 Å². The van der Waals surface area contributed by atoms with Gasteiger partial charge in [0.25, 0.3) is 0 Å². The molecular weight excluding hydrogens is 210 g/mol. The first-order chi connectivity index (χ1) is 8.29. The zero-order chi connectivity index (χ0) is 12.7. The lowest BCUT2D eigenvalue weighted by Crippen LogP contribution is -2.35. The van der Waals surface area contributed by atoms with Crippen LogP contribution in [0.15, 0.2) is 12.4 Å². The number of aromatic nitrogens is 2. The molecule has 17 heavy (non-hydrogen) atoms. The maximum atomic E-state index is 4.36. The van der Waals surface area contributed by atoms with Crippen LogP contribution >= 0.6 is 0 Å². The molecule has 1 aliphatic rings. The van der Waals surface area contributed by atoms with Crippen LogP contribution in [0.3, 0.4) is 0 Å². The minimum atomic E-state index is 0.659. The standard InChI is InChI=1S/C12H21N3.C2H6/c1-3-4-13-8-11-5-12(6-11)15-9-10(2)7-14-15;1-2/h7,9,11-13H,3-6,8H2,1-2H3;1-2H3. The van der Waals surface area contributed by atoms with Gasteiger partial charge in [0.05, 0.1) is 12.2 Å². The van der Waals surface area contributed by atoms with Crippen LogP contribution < -0.4 is 5.32 Å². The van der Waals surface area contributed by atoms with Crippen LogP contribution in [0, 0.1) is 12.8 Å². The maximum absolute atomic E-state index is 4.36. The maximum Gasteiger partial charge on any atom is 0.0525 e. The topological polar surface area (TPSA) is 29.9 Å². The summed E-state index contributed by atoms with van der Waals surface area (Å²) < 4.78 is 2.13. The Morgan fingerprint density at radius 2 is 2.12 bits per heavy atom. The lowest BCUT2D eigenvalue weighted by molar-refractivity contribution is 0.180. The molecule has 0 spiro atoms. The van der Waals surface area contributed by atoms with Gasteiger partial charge in [-0.15, -0.1) is 0 Å². The van der Waals surface area contributed by atoms with Gasteiger partial charge < -0.3 is 5.32 Å². The molecule has 98 valence electrons. The van der Waals surface area contributed by atoms with Crippen molar-refractivity contribution in [1.82, 2.24) is 15.1 Å². The van der Waals surface area contributed by atoms with E-state index in [-0.39, 0.29) is 0 Å². The molecule has 1 N–H and O–H groups in total. The molecular formula is C14H27N3. The minimum absolute atomic E-state index is 0.659. The van der Waals surface area contributed by atoms with Gasteiger partial charge in [-0.05, 0) is 50.8 Å². The molecule has 1 aromatic rings. The van der Waals surface area contributed by atoms with Gasteiger partial charge in [0.1, 0.15) is 0 Å². The SMILES string of the molecule is CC.CCCNCC1CC(n2cc(C)cn2)C1.